The van der Waals surface area contributed by atoms with E-state index in [9.17, 15) is 4.79 Å². The van der Waals surface area contributed by atoms with Gasteiger partial charge in [-0.3, -0.25) is 0 Å². The second-order valence-corrected chi connectivity index (χ2v) is 6.19. The fraction of sp³-hybridized carbons (Fsp3) is 0.389. The summed E-state index contributed by atoms with van der Waals surface area (Å²) in [7, 11) is 0. The van der Waals surface area contributed by atoms with Gasteiger partial charge in [0.25, 0.3) is 0 Å². The molecule has 0 aliphatic rings. The molecule has 21 heavy (non-hydrogen) atoms. The maximum atomic E-state index is 11.9. The van der Waals surface area contributed by atoms with Crippen LogP contribution in [-0.4, -0.2) is 17.1 Å². The second kappa shape index (κ2) is 6.17. The Kier molecular flexibility index (Phi) is 4.51. The Labute approximate surface area is 126 Å². The highest BCUT2D eigenvalue weighted by Crippen LogP contribution is 2.22. The fourth-order valence-electron chi connectivity index (χ4n) is 2.25. The zero-order valence-electron chi connectivity index (χ0n) is 13.2. The van der Waals surface area contributed by atoms with E-state index in [0.29, 0.717) is 18.8 Å². The van der Waals surface area contributed by atoms with Crippen molar-refractivity contribution in [3.8, 4) is 0 Å². The predicted octanol–water partition coefficient (Wildman–Crippen LogP) is 4.01. The van der Waals surface area contributed by atoms with Crippen LogP contribution < -0.4 is 0 Å². The van der Waals surface area contributed by atoms with Gasteiger partial charge < -0.3 is 9.30 Å². The Morgan fingerprint density at radius 1 is 1.14 bits per heavy atom. The van der Waals surface area contributed by atoms with E-state index in [1.807, 2.05) is 23.8 Å². The van der Waals surface area contributed by atoms with Crippen LogP contribution in [0.2, 0.25) is 0 Å². The van der Waals surface area contributed by atoms with Crippen LogP contribution >= 0.6 is 0 Å². The minimum Gasteiger partial charge on any atom is -0.461 e. The van der Waals surface area contributed by atoms with Crippen LogP contribution in [0, 0.1) is 0 Å². The first-order valence-electron chi connectivity index (χ1n) is 7.33. The molecule has 0 N–H and O–H groups in total. The summed E-state index contributed by atoms with van der Waals surface area (Å²) in [4.78, 5) is 11.9. The van der Waals surface area contributed by atoms with Gasteiger partial charge in [-0.1, -0.05) is 45.0 Å². The Morgan fingerprint density at radius 2 is 1.81 bits per heavy atom. The number of carbonyl (C=O) groups is 1. The third-order valence-electron chi connectivity index (χ3n) is 3.49. The van der Waals surface area contributed by atoms with Crippen molar-refractivity contribution in [1.82, 2.24) is 4.57 Å². The fourth-order valence-corrected chi connectivity index (χ4v) is 2.25. The number of hydrogen-bond donors (Lipinski definition) is 0. The van der Waals surface area contributed by atoms with Crippen LogP contribution in [0.1, 0.15) is 49.3 Å². The predicted molar refractivity (Wildman–Crippen MR) is 84.6 cm³/mol. The van der Waals surface area contributed by atoms with E-state index in [1.165, 1.54) is 11.1 Å². The number of rotatable bonds is 4. The molecule has 0 amide bonds. The Balaban J connectivity index is 2.16. The average Bonchev–Trinajstić information content (AvgIpc) is 2.87. The first-order valence-corrected chi connectivity index (χ1v) is 7.33. The van der Waals surface area contributed by atoms with Crippen molar-refractivity contribution < 1.29 is 9.53 Å². The molecule has 2 rings (SSSR count). The lowest BCUT2D eigenvalue weighted by Crippen LogP contribution is -2.13. The second-order valence-electron chi connectivity index (χ2n) is 6.19. The summed E-state index contributed by atoms with van der Waals surface area (Å²) in [5, 5.41) is 0. The molecule has 3 heteroatoms. The van der Waals surface area contributed by atoms with Gasteiger partial charge in [0, 0.05) is 12.7 Å². The van der Waals surface area contributed by atoms with E-state index < -0.39 is 0 Å². The van der Waals surface area contributed by atoms with Crippen molar-refractivity contribution in [1.29, 1.82) is 0 Å². The van der Waals surface area contributed by atoms with Crippen LogP contribution in [0.3, 0.4) is 0 Å². The van der Waals surface area contributed by atoms with Gasteiger partial charge in [0.05, 0.1) is 6.61 Å². The number of benzene rings is 1. The summed E-state index contributed by atoms with van der Waals surface area (Å²) in [6.45, 7) is 9.48. The zero-order valence-corrected chi connectivity index (χ0v) is 13.2. The molecule has 1 heterocycles. The van der Waals surface area contributed by atoms with Crippen LogP contribution in [0.25, 0.3) is 0 Å². The quantitative estimate of drug-likeness (QED) is 0.795. The van der Waals surface area contributed by atoms with Gasteiger partial charge in [-0.2, -0.15) is 0 Å². The lowest BCUT2D eigenvalue weighted by Gasteiger charge is -2.19. The molecule has 0 atom stereocenters. The van der Waals surface area contributed by atoms with Gasteiger partial charge in [0.1, 0.15) is 5.69 Å². The Morgan fingerprint density at radius 3 is 2.38 bits per heavy atom. The summed E-state index contributed by atoms with van der Waals surface area (Å²) in [6, 6.07) is 12.2. The Hall–Kier alpha value is -2.03. The SMILES string of the molecule is CCOC(=O)c1cccn1Cc1ccc(C(C)(C)C)cc1. The van der Waals surface area contributed by atoms with Gasteiger partial charge in [-0.25, -0.2) is 4.79 Å². The van der Waals surface area contributed by atoms with E-state index in [1.54, 1.807) is 6.07 Å². The molecule has 0 radical (unpaired) electrons. The topological polar surface area (TPSA) is 31.2 Å². The maximum Gasteiger partial charge on any atom is 0.354 e. The van der Waals surface area contributed by atoms with Gasteiger partial charge >= 0.3 is 5.97 Å². The third kappa shape index (κ3) is 3.75. The number of esters is 1. The van der Waals surface area contributed by atoms with Crippen LogP contribution in [-0.2, 0) is 16.7 Å². The van der Waals surface area contributed by atoms with Crippen molar-refractivity contribution in [3.05, 3.63) is 59.4 Å². The number of aromatic nitrogens is 1. The molecule has 0 fully saturated rings. The summed E-state index contributed by atoms with van der Waals surface area (Å²) < 4.78 is 6.99. The normalized spacial score (nSPS) is 11.4. The minimum atomic E-state index is -0.270. The molecule has 1 aromatic heterocycles. The Bertz CT molecular complexity index is 603. The standard InChI is InChI=1S/C18H23NO2/c1-5-21-17(20)16-7-6-12-19(16)13-14-8-10-15(11-9-14)18(2,3)4/h6-12H,5,13H2,1-4H3. The molecular weight excluding hydrogens is 262 g/mol. The highest BCUT2D eigenvalue weighted by molar-refractivity contribution is 5.87. The van der Waals surface area contributed by atoms with Crippen molar-refractivity contribution in [2.24, 2.45) is 0 Å². The molecule has 0 spiro atoms. The molecule has 2 aromatic rings. The smallest absolute Gasteiger partial charge is 0.354 e. The number of ether oxygens (including phenoxy) is 1. The van der Waals surface area contributed by atoms with E-state index in [4.69, 9.17) is 4.74 Å². The number of carbonyl (C=O) groups excluding carboxylic acids is 1. The molecule has 112 valence electrons. The molecular formula is C18H23NO2. The molecule has 0 aliphatic heterocycles. The van der Waals surface area contributed by atoms with E-state index >= 15 is 0 Å². The molecule has 0 saturated carbocycles. The third-order valence-corrected chi connectivity index (χ3v) is 3.49. The van der Waals surface area contributed by atoms with Crippen molar-refractivity contribution in [3.63, 3.8) is 0 Å². The monoisotopic (exact) mass is 285 g/mol. The zero-order chi connectivity index (χ0) is 15.5. The molecule has 0 bridgehead atoms. The van der Waals surface area contributed by atoms with Gasteiger partial charge in [0.2, 0.25) is 0 Å². The van der Waals surface area contributed by atoms with E-state index in [2.05, 4.69) is 45.0 Å². The van der Waals surface area contributed by atoms with E-state index in [0.717, 1.165) is 0 Å². The molecule has 3 nitrogen and oxygen atoms in total. The highest BCUT2D eigenvalue weighted by atomic mass is 16.5. The van der Waals surface area contributed by atoms with Crippen LogP contribution in [0.15, 0.2) is 42.6 Å². The van der Waals surface area contributed by atoms with Gasteiger partial charge in [-0.15, -0.1) is 0 Å². The van der Waals surface area contributed by atoms with Crippen LogP contribution in [0.5, 0.6) is 0 Å². The lowest BCUT2D eigenvalue weighted by molar-refractivity contribution is 0.0514. The molecule has 1 aromatic carbocycles. The molecule has 0 saturated heterocycles. The first-order chi connectivity index (χ1) is 9.91. The van der Waals surface area contributed by atoms with Crippen LogP contribution in [0.4, 0.5) is 0 Å². The summed E-state index contributed by atoms with van der Waals surface area (Å²) >= 11 is 0. The maximum absolute atomic E-state index is 11.9. The summed E-state index contributed by atoms with van der Waals surface area (Å²) in [5.41, 5.74) is 3.23. The van der Waals surface area contributed by atoms with E-state index in [-0.39, 0.29) is 11.4 Å². The average molecular weight is 285 g/mol. The lowest BCUT2D eigenvalue weighted by atomic mass is 9.87. The number of nitrogens with zero attached hydrogens (tertiary/aromatic N) is 1. The summed E-state index contributed by atoms with van der Waals surface area (Å²) in [5.74, 6) is -0.270. The van der Waals surface area contributed by atoms with Gasteiger partial charge in [-0.05, 0) is 35.6 Å². The highest BCUT2D eigenvalue weighted by Gasteiger charge is 2.14. The molecule has 0 unspecified atom stereocenters. The van der Waals surface area contributed by atoms with Gasteiger partial charge in [0.15, 0.2) is 0 Å². The minimum absolute atomic E-state index is 0.155. The molecule has 0 aliphatic carbocycles. The van der Waals surface area contributed by atoms with Crippen molar-refractivity contribution in [2.75, 3.05) is 6.61 Å². The largest absolute Gasteiger partial charge is 0.461 e. The number of hydrogen-bond acceptors (Lipinski definition) is 2. The summed E-state index contributed by atoms with van der Waals surface area (Å²) in [6.07, 6.45) is 1.91. The van der Waals surface area contributed by atoms with Crippen molar-refractivity contribution >= 4 is 5.97 Å². The van der Waals surface area contributed by atoms with Crippen molar-refractivity contribution in [2.45, 2.75) is 39.7 Å². The first kappa shape index (κ1) is 15.4.